The lowest BCUT2D eigenvalue weighted by atomic mass is 10.0. The van der Waals surface area contributed by atoms with E-state index in [-0.39, 0.29) is 0 Å². The summed E-state index contributed by atoms with van der Waals surface area (Å²) in [5, 5.41) is 1.20. The Labute approximate surface area is 210 Å². The minimum Gasteiger partial charge on any atom is -0.497 e. The van der Waals surface area contributed by atoms with E-state index in [2.05, 4.69) is 78.3 Å². The number of hydrogen-bond acceptors (Lipinski definition) is 4. The second-order valence-electron chi connectivity index (χ2n) is 8.21. The fourth-order valence-electron chi connectivity index (χ4n) is 4.35. The van der Waals surface area contributed by atoms with Gasteiger partial charge in [-0.25, -0.2) is 0 Å². The van der Waals surface area contributed by atoms with Crippen LogP contribution in [0, 0.1) is 0 Å². The van der Waals surface area contributed by atoms with Gasteiger partial charge in [0.1, 0.15) is 17.2 Å². The van der Waals surface area contributed by atoms with Crippen molar-refractivity contribution >= 4 is 22.7 Å². The van der Waals surface area contributed by atoms with Crippen LogP contribution in [0.5, 0.6) is 17.2 Å². The molecule has 4 nitrogen and oxygen atoms in total. The maximum absolute atomic E-state index is 5.58. The van der Waals surface area contributed by atoms with Gasteiger partial charge in [0.25, 0.3) is 0 Å². The Hall–Kier alpha value is -3.83. The van der Waals surface area contributed by atoms with E-state index < -0.39 is 0 Å². The Kier molecular flexibility index (Phi) is 6.43. The minimum absolute atomic E-state index is 0.763. The van der Waals surface area contributed by atoms with E-state index in [1.807, 2.05) is 24.3 Å². The number of rotatable bonds is 7. The molecule has 0 aliphatic rings. The van der Waals surface area contributed by atoms with E-state index in [9.17, 15) is 0 Å². The van der Waals surface area contributed by atoms with Crippen LogP contribution in [-0.4, -0.2) is 25.9 Å². The maximum Gasteiger partial charge on any atom is 0.123 e. The molecule has 0 unspecified atom stereocenters. The molecule has 0 spiro atoms. The molecule has 0 radical (unpaired) electrons. The van der Waals surface area contributed by atoms with Crippen LogP contribution < -0.4 is 14.2 Å². The summed E-state index contributed by atoms with van der Waals surface area (Å²) in [7, 11) is 7.17. The SMILES string of the molecule is COc1ccc(-c2ccc3c(c2)c(Sc2ccccc2)c(-c2cc(OC)cc(OC)c2)n3C)cc1. The van der Waals surface area contributed by atoms with Gasteiger partial charge in [-0.15, -0.1) is 0 Å². The van der Waals surface area contributed by atoms with Gasteiger partial charge >= 0.3 is 0 Å². The van der Waals surface area contributed by atoms with Crippen LogP contribution in [0.15, 0.2) is 101 Å². The van der Waals surface area contributed by atoms with Crippen molar-refractivity contribution in [3.05, 3.63) is 91.0 Å². The number of nitrogens with zero attached hydrogens (tertiary/aromatic N) is 1. The molecule has 0 amide bonds. The standard InChI is InChI=1S/C30H27NO3S/c1-31-28-15-12-21(20-10-13-23(32-2)14-11-20)18-27(28)30(35-26-8-6-5-7-9-26)29(31)22-16-24(33-3)19-25(17-22)34-4/h5-19H,1-4H3. The normalized spacial score (nSPS) is 11.0. The van der Waals surface area contributed by atoms with Crippen molar-refractivity contribution < 1.29 is 14.2 Å². The van der Waals surface area contributed by atoms with Gasteiger partial charge in [0.05, 0.1) is 27.0 Å². The van der Waals surface area contributed by atoms with Gasteiger partial charge in [-0.1, -0.05) is 48.2 Å². The summed E-state index contributed by atoms with van der Waals surface area (Å²) in [6, 6.07) is 31.4. The van der Waals surface area contributed by atoms with Crippen molar-refractivity contribution in [2.24, 2.45) is 7.05 Å². The monoisotopic (exact) mass is 481 g/mol. The van der Waals surface area contributed by atoms with E-state index >= 15 is 0 Å². The van der Waals surface area contributed by atoms with Gasteiger partial charge in [-0.3, -0.25) is 0 Å². The molecule has 0 bridgehead atoms. The van der Waals surface area contributed by atoms with Gasteiger partial charge in [0.2, 0.25) is 0 Å². The van der Waals surface area contributed by atoms with Gasteiger partial charge in [0.15, 0.2) is 0 Å². The molecule has 5 aromatic rings. The zero-order valence-electron chi connectivity index (χ0n) is 20.2. The highest BCUT2D eigenvalue weighted by Gasteiger charge is 2.20. The molecule has 0 saturated heterocycles. The third-order valence-electron chi connectivity index (χ3n) is 6.16. The largest absolute Gasteiger partial charge is 0.497 e. The van der Waals surface area contributed by atoms with Gasteiger partial charge in [-0.05, 0) is 59.7 Å². The quantitative estimate of drug-likeness (QED) is 0.239. The van der Waals surface area contributed by atoms with Crippen LogP contribution in [0.3, 0.4) is 0 Å². The summed E-state index contributed by atoms with van der Waals surface area (Å²) in [6.45, 7) is 0. The van der Waals surface area contributed by atoms with Crippen molar-refractivity contribution in [1.29, 1.82) is 0 Å². The second kappa shape index (κ2) is 9.80. The van der Waals surface area contributed by atoms with Crippen LogP contribution in [0.25, 0.3) is 33.3 Å². The molecule has 0 N–H and O–H groups in total. The van der Waals surface area contributed by atoms with Gasteiger partial charge in [-0.2, -0.15) is 0 Å². The Bertz CT molecular complexity index is 1450. The number of methoxy groups -OCH3 is 3. The molecular weight excluding hydrogens is 454 g/mol. The Morgan fingerprint density at radius 2 is 1.23 bits per heavy atom. The van der Waals surface area contributed by atoms with Crippen molar-refractivity contribution in [3.63, 3.8) is 0 Å². The number of hydrogen-bond donors (Lipinski definition) is 0. The highest BCUT2D eigenvalue weighted by molar-refractivity contribution is 7.99. The first-order valence-electron chi connectivity index (χ1n) is 11.3. The fourth-order valence-corrected chi connectivity index (χ4v) is 5.51. The zero-order chi connectivity index (χ0) is 24.4. The Morgan fingerprint density at radius 3 is 1.86 bits per heavy atom. The Balaban J connectivity index is 1.74. The lowest BCUT2D eigenvalue weighted by molar-refractivity contribution is 0.394. The number of ether oxygens (including phenoxy) is 3. The highest BCUT2D eigenvalue weighted by atomic mass is 32.2. The number of fused-ring (bicyclic) bond motifs is 1. The predicted molar refractivity (Wildman–Crippen MR) is 144 cm³/mol. The topological polar surface area (TPSA) is 32.6 Å². The molecule has 0 atom stereocenters. The van der Waals surface area contributed by atoms with E-state index in [1.165, 1.54) is 15.2 Å². The van der Waals surface area contributed by atoms with Crippen molar-refractivity contribution in [2.45, 2.75) is 9.79 Å². The third-order valence-corrected chi connectivity index (χ3v) is 7.29. The van der Waals surface area contributed by atoms with Crippen LogP contribution in [0.2, 0.25) is 0 Å². The van der Waals surface area contributed by atoms with E-state index in [0.29, 0.717) is 0 Å². The number of benzene rings is 4. The average molecular weight is 482 g/mol. The average Bonchev–Trinajstić information content (AvgIpc) is 3.19. The molecule has 5 rings (SSSR count). The molecule has 35 heavy (non-hydrogen) atoms. The van der Waals surface area contributed by atoms with Crippen LogP contribution in [-0.2, 0) is 7.05 Å². The summed E-state index contributed by atoms with van der Waals surface area (Å²) in [5.74, 6) is 2.38. The second-order valence-corrected chi connectivity index (χ2v) is 9.30. The van der Waals surface area contributed by atoms with E-state index in [1.54, 1.807) is 33.1 Å². The first kappa shape index (κ1) is 22.9. The molecular formula is C30H27NO3S. The van der Waals surface area contributed by atoms with E-state index in [0.717, 1.165) is 45.1 Å². The summed E-state index contributed by atoms with van der Waals surface area (Å²) in [4.78, 5) is 2.38. The molecule has 176 valence electrons. The summed E-state index contributed by atoms with van der Waals surface area (Å²) in [6.07, 6.45) is 0. The number of aromatic nitrogens is 1. The minimum atomic E-state index is 0.763. The first-order chi connectivity index (χ1) is 17.1. The molecule has 5 heteroatoms. The molecule has 0 aliphatic heterocycles. The van der Waals surface area contributed by atoms with Crippen LogP contribution in [0.1, 0.15) is 0 Å². The van der Waals surface area contributed by atoms with Gasteiger partial charge in [0, 0.05) is 39.4 Å². The van der Waals surface area contributed by atoms with Crippen LogP contribution >= 0.6 is 11.8 Å². The molecule has 0 saturated carbocycles. The van der Waals surface area contributed by atoms with Crippen molar-refractivity contribution in [1.82, 2.24) is 4.57 Å². The molecule has 0 fully saturated rings. The molecule has 1 heterocycles. The van der Waals surface area contributed by atoms with Gasteiger partial charge < -0.3 is 18.8 Å². The maximum atomic E-state index is 5.58. The summed E-state index contributed by atoms with van der Waals surface area (Å²) in [5.41, 5.74) is 5.65. The van der Waals surface area contributed by atoms with Crippen molar-refractivity contribution in [3.8, 4) is 39.6 Å². The molecule has 0 aliphatic carbocycles. The summed E-state index contributed by atoms with van der Waals surface area (Å²) >= 11 is 1.77. The lowest BCUT2D eigenvalue weighted by Crippen LogP contribution is -1.94. The molecule has 4 aromatic carbocycles. The predicted octanol–water partition coefficient (Wildman–Crippen LogP) is 7.69. The van der Waals surface area contributed by atoms with E-state index in [4.69, 9.17) is 14.2 Å². The smallest absolute Gasteiger partial charge is 0.123 e. The van der Waals surface area contributed by atoms with Crippen molar-refractivity contribution in [2.75, 3.05) is 21.3 Å². The highest BCUT2D eigenvalue weighted by Crippen LogP contribution is 2.45. The zero-order valence-corrected chi connectivity index (χ0v) is 21.1. The Morgan fingerprint density at radius 1 is 0.600 bits per heavy atom. The molecule has 1 aromatic heterocycles. The lowest BCUT2D eigenvalue weighted by Gasteiger charge is -2.12. The number of aryl methyl sites for hydroxylation is 1. The van der Waals surface area contributed by atoms with Crippen LogP contribution in [0.4, 0.5) is 0 Å². The summed E-state index contributed by atoms with van der Waals surface area (Å²) < 4.78 is 18.8. The third kappa shape index (κ3) is 4.47. The fraction of sp³-hybridized carbons (Fsp3) is 0.133. The first-order valence-corrected chi connectivity index (χ1v) is 12.2.